The van der Waals surface area contributed by atoms with Crippen molar-refractivity contribution >= 4 is 60.6 Å². The van der Waals surface area contributed by atoms with Crippen LogP contribution in [0.5, 0.6) is 5.75 Å². The minimum Gasteiger partial charge on any atom is -0.507 e. The lowest BCUT2D eigenvalue weighted by Crippen LogP contribution is -2.05. The number of esters is 1. The highest BCUT2D eigenvalue weighted by molar-refractivity contribution is 9.11. The molecule has 2 aromatic rings. The number of carbonyl (C=O) groups excluding carboxylic acids is 1. The number of ether oxygens (including phenoxy) is 1. The first-order valence-electron chi connectivity index (χ1n) is 5.35. The fourth-order valence-electron chi connectivity index (χ4n) is 1.70. The molecule has 0 unspecified atom stereocenters. The second-order valence-corrected chi connectivity index (χ2v) is 6.01. The van der Waals surface area contributed by atoms with Crippen LogP contribution in [0.2, 0.25) is 0 Å². The van der Waals surface area contributed by atoms with Crippen LogP contribution in [0.4, 0.5) is 0 Å². The van der Waals surface area contributed by atoms with Gasteiger partial charge in [0.05, 0.1) is 20.9 Å². The zero-order valence-electron chi connectivity index (χ0n) is 10.1. The van der Waals surface area contributed by atoms with Crippen LogP contribution >= 0.6 is 43.6 Å². The molecule has 1 aromatic heterocycles. The number of hydrogen-bond donors (Lipinski definition) is 1. The Hall–Kier alpha value is -0.660. The van der Waals surface area contributed by atoms with Crippen LogP contribution in [0.15, 0.2) is 24.5 Å². The molecular formula is C12H10Br2O4S. The first-order valence-corrected chi connectivity index (χ1v) is 8.16. The van der Waals surface area contributed by atoms with Crippen LogP contribution in [-0.2, 0) is 4.74 Å². The molecule has 2 rings (SSSR count). The summed E-state index contributed by atoms with van der Waals surface area (Å²) in [7, 11) is 0. The molecule has 102 valence electrons. The van der Waals surface area contributed by atoms with Crippen molar-refractivity contribution in [1.82, 2.24) is 0 Å². The largest absolute Gasteiger partial charge is 0.507 e. The van der Waals surface area contributed by atoms with Gasteiger partial charge in [0.15, 0.2) is 10.7 Å². The number of phenolic OH excluding ortho intramolecular Hbond substituents is 1. The lowest BCUT2D eigenvalue weighted by Gasteiger charge is -2.03. The summed E-state index contributed by atoms with van der Waals surface area (Å²) in [5.74, 6) is -0.442. The molecule has 0 saturated carbocycles. The predicted molar refractivity (Wildman–Crippen MR) is 81.0 cm³/mol. The Morgan fingerprint density at radius 1 is 1.53 bits per heavy atom. The fourth-order valence-corrected chi connectivity index (χ4v) is 3.24. The molecule has 0 atom stereocenters. The van der Waals surface area contributed by atoms with Crippen LogP contribution in [0.1, 0.15) is 17.3 Å². The summed E-state index contributed by atoms with van der Waals surface area (Å²) in [4.78, 5) is 12.1. The van der Waals surface area contributed by atoms with Gasteiger partial charge in [-0.1, -0.05) is 11.8 Å². The van der Waals surface area contributed by atoms with Crippen LogP contribution in [0.25, 0.3) is 11.0 Å². The molecule has 0 aliphatic rings. The molecule has 7 heteroatoms. The SMILES string of the molecule is CCOC(=O)c1c(SC)oc2c(Br)cc(O)c(Br)c12. The topological polar surface area (TPSA) is 59.7 Å². The van der Waals surface area contributed by atoms with Crippen molar-refractivity contribution in [2.24, 2.45) is 0 Å². The third-order valence-electron chi connectivity index (χ3n) is 2.47. The Bertz CT molecular complexity index is 651. The molecule has 1 N–H and O–H groups in total. The normalized spacial score (nSPS) is 10.9. The predicted octanol–water partition coefficient (Wildman–Crippen LogP) is 4.56. The number of furan rings is 1. The number of fused-ring (bicyclic) bond motifs is 1. The fraction of sp³-hybridized carbons (Fsp3) is 0.250. The second-order valence-electron chi connectivity index (χ2n) is 3.58. The van der Waals surface area contributed by atoms with Gasteiger partial charge < -0.3 is 14.3 Å². The van der Waals surface area contributed by atoms with Crippen LogP contribution < -0.4 is 0 Å². The van der Waals surface area contributed by atoms with Crippen molar-refractivity contribution in [3.05, 3.63) is 20.6 Å². The van der Waals surface area contributed by atoms with Gasteiger partial charge >= 0.3 is 5.97 Å². The van der Waals surface area contributed by atoms with Crippen molar-refractivity contribution in [2.45, 2.75) is 12.0 Å². The lowest BCUT2D eigenvalue weighted by atomic mass is 10.1. The minimum absolute atomic E-state index is 0.0263. The van der Waals surface area contributed by atoms with Gasteiger partial charge in [0.2, 0.25) is 0 Å². The Labute approximate surface area is 130 Å². The van der Waals surface area contributed by atoms with Crippen molar-refractivity contribution in [3.63, 3.8) is 0 Å². The van der Waals surface area contributed by atoms with E-state index in [4.69, 9.17) is 9.15 Å². The highest BCUT2D eigenvalue weighted by Gasteiger charge is 2.26. The van der Waals surface area contributed by atoms with Crippen LogP contribution in [-0.4, -0.2) is 23.9 Å². The number of rotatable bonds is 3. The Morgan fingerprint density at radius 2 is 2.21 bits per heavy atom. The van der Waals surface area contributed by atoms with E-state index in [1.807, 2.05) is 6.26 Å². The maximum Gasteiger partial charge on any atom is 0.343 e. The molecule has 0 aliphatic heterocycles. The Kier molecular flexibility index (Phi) is 4.47. The van der Waals surface area contributed by atoms with E-state index in [2.05, 4.69) is 31.9 Å². The first kappa shape index (κ1) is 14.7. The van der Waals surface area contributed by atoms with Crippen molar-refractivity contribution < 1.29 is 19.1 Å². The van der Waals surface area contributed by atoms with Gasteiger partial charge in [-0.25, -0.2) is 4.79 Å². The highest BCUT2D eigenvalue weighted by atomic mass is 79.9. The molecule has 0 spiro atoms. The lowest BCUT2D eigenvalue weighted by molar-refractivity contribution is 0.0521. The van der Waals surface area contributed by atoms with Gasteiger partial charge in [-0.3, -0.25) is 0 Å². The molecule has 4 nitrogen and oxygen atoms in total. The van der Waals surface area contributed by atoms with E-state index in [9.17, 15) is 9.90 Å². The van der Waals surface area contributed by atoms with Crippen LogP contribution in [0, 0.1) is 0 Å². The van der Waals surface area contributed by atoms with E-state index < -0.39 is 5.97 Å². The van der Waals surface area contributed by atoms with Crippen molar-refractivity contribution in [3.8, 4) is 5.75 Å². The zero-order valence-corrected chi connectivity index (χ0v) is 14.1. The van der Waals surface area contributed by atoms with E-state index in [1.165, 1.54) is 17.8 Å². The highest BCUT2D eigenvalue weighted by Crippen LogP contribution is 2.44. The van der Waals surface area contributed by atoms with Gasteiger partial charge in [0.25, 0.3) is 0 Å². The maximum absolute atomic E-state index is 12.1. The number of aromatic hydroxyl groups is 1. The van der Waals surface area contributed by atoms with E-state index in [0.717, 1.165) is 0 Å². The Balaban J connectivity index is 2.83. The summed E-state index contributed by atoms with van der Waals surface area (Å²) < 4.78 is 11.7. The van der Waals surface area contributed by atoms with E-state index in [1.54, 1.807) is 6.92 Å². The number of benzene rings is 1. The standard InChI is InChI=1S/C12H10Br2O4S/c1-3-17-11(16)8-7-9(14)6(15)4-5(13)10(7)18-12(8)19-2/h4,15H,3H2,1-2H3. The molecule has 0 aliphatic carbocycles. The molecule has 1 aromatic carbocycles. The number of carbonyl (C=O) groups is 1. The summed E-state index contributed by atoms with van der Waals surface area (Å²) in [6.45, 7) is 2.01. The average Bonchev–Trinajstić information content (AvgIpc) is 2.76. The molecule has 19 heavy (non-hydrogen) atoms. The molecule has 0 saturated heterocycles. The third kappa shape index (κ3) is 2.51. The minimum atomic E-state index is -0.469. The number of hydrogen-bond acceptors (Lipinski definition) is 5. The molecular weight excluding hydrogens is 400 g/mol. The summed E-state index contributed by atoms with van der Waals surface area (Å²) in [6, 6.07) is 1.51. The average molecular weight is 410 g/mol. The Morgan fingerprint density at radius 3 is 2.79 bits per heavy atom. The quantitative estimate of drug-likeness (QED) is 0.594. The summed E-state index contributed by atoms with van der Waals surface area (Å²) in [5, 5.41) is 10.8. The van der Waals surface area contributed by atoms with Gasteiger partial charge in [-0.2, -0.15) is 0 Å². The number of halogens is 2. The third-order valence-corrected chi connectivity index (χ3v) is 4.52. The van der Waals surface area contributed by atoms with E-state index in [-0.39, 0.29) is 12.4 Å². The summed E-state index contributed by atoms with van der Waals surface area (Å²) in [5.41, 5.74) is 0.824. The molecule has 1 heterocycles. The first-order chi connectivity index (χ1) is 9.01. The summed E-state index contributed by atoms with van der Waals surface area (Å²) in [6.07, 6.45) is 1.81. The maximum atomic E-state index is 12.1. The smallest absolute Gasteiger partial charge is 0.343 e. The van der Waals surface area contributed by atoms with Gasteiger partial charge in [0.1, 0.15) is 11.3 Å². The second kappa shape index (κ2) is 5.76. The summed E-state index contributed by atoms with van der Waals surface area (Å²) >= 11 is 7.90. The molecule has 0 radical (unpaired) electrons. The molecule has 0 fully saturated rings. The van der Waals surface area contributed by atoms with E-state index in [0.29, 0.717) is 30.6 Å². The molecule has 0 amide bonds. The van der Waals surface area contributed by atoms with E-state index >= 15 is 0 Å². The monoisotopic (exact) mass is 408 g/mol. The van der Waals surface area contributed by atoms with Gasteiger partial charge in [0, 0.05) is 0 Å². The van der Waals surface area contributed by atoms with Gasteiger partial charge in [-0.15, -0.1) is 0 Å². The number of phenols is 1. The van der Waals surface area contributed by atoms with Crippen molar-refractivity contribution in [1.29, 1.82) is 0 Å². The number of thioether (sulfide) groups is 1. The van der Waals surface area contributed by atoms with Crippen LogP contribution in [0.3, 0.4) is 0 Å². The van der Waals surface area contributed by atoms with Crippen molar-refractivity contribution in [2.75, 3.05) is 12.9 Å². The zero-order chi connectivity index (χ0) is 14.2. The molecule has 0 bridgehead atoms. The van der Waals surface area contributed by atoms with Gasteiger partial charge in [-0.05, 0) is 51.1 Å².